The number of alkyl halides is 2. The molecule has 1 saturated heterocycles. The van der Waals surface area contributed by atoms with Crippen molar-refractivity contribution in [3.63, 3.8) is 0 Å². The maximum absolute atomic E-state index is 13.4. The number of amides is 1. The lowest BCUT2D eigenvalue weighted by molar-refractivity contribution is -0.0494. The van der Waals surface area contributed by atoms with Gasteiger partial charge >= 0.3 is 0 Å². The molecule has 1 aliphatic rings. The molecule has 0 atom stereocenters. The fraction of sp³-hybridized carbons (Fsp3) is 0.273. The van der Waals surface area contributed by atoms with Gasteiger partial charge in [-0.15, -0.1) is 0 Å². The van der Waals surface area contributed by atoms with Crippen LogP contribution < -0.4 is 0 Å². The Morgan fingerprint density at radius 1 is 1.03 bits per heavy atom. The van der Waals surface area contributed by atoms with Crippen LogP contribution in [-0.4, -0.2) is 49.2 Å². The summed E-state index contributed by atoms with van der Waals surface area (Å²) in [6, 6.07) is 8.94. The van der Waals surface area contributed by atoms with Gasteiger partial charge in [0.25, 0.3) is 11.8 Å². The molecule has 0 spiro atoms. The van der Waals surface area contributed by atoms with Crippen LogP contribution in [0.4, 0.5) is 8.78 Å². The summed E-state index contributed by atoms with van der Waals surface area (Å²) in [5.74, 6) is -2.94. The van der Waals surface area contributed by atoms with E-state index in [1.165, 1.54) is 4.90 Å². The van der Waals surface area contributed by atoms with Crippen molar-refractivity contribution >= 4 is 22.6 Å². The summed E-state index contributed by atoms with van der Waals surface area (Å²) in [5.41, 5.74) is 5.02. The number of aryl methyl sites for hydroxylation is 1. The second kappa shape index (κ2) is 6.83. The SMILES string of the molecule is Cc1cn2cc(-c3cnc4ccc(C(=O)N5CCC(F)(F)CC5)cc4n3)ccc2n1. The maximum atomic E-state index is 13.4. The molecule has 30 heavy (non-hydrogen) atoms. The molecular weight excluding hydrogens is 388 g/mol. The predicted octanol–water partition coefficient (Wildman–Crippen LogP) is 4.12. The Balaban J connectivity index is 1.47. The number of carbonyl (C=O) groups is 1. The second-order valence-electron chi connectivity index (χ2n) is 7.67. The van der Waals surface area contributed by atoms with E-state index in [0.29, 0.717) is 22.3 Å². The first-order valence-corrected chi connectivity index (χ1v) is 9.78. The molecule has 6 nitrogen and oxygen atoms in total. The Morgan fingerprint density at radius 3 is 2.63 bits per heavy atom. The van der Waals surface area contributed by atoms with Crippen LogP contribution >= 0.6 is 0 Å². The fourth-order valence-electron chi connectivity index (χ4n) is 3.77. The van der Waals surface area contributed by atoms with Crippen molar-refractivity contribution in [1.82, 2.24) is 24.3 Å². The van der Waals surface area contributed by atoms with Crippen LogP contribution in [0.5, 0.6) is 0 Å². The van der Waals surface area contributed by atoms with Gasteiger partial charge in [-0.3, -0.25) is 9.78 Å². The first-order chi connectivity index (χ1) is 14.4. The standard InChI is InChI=1S/C22H19F2N5O/c1-14-12-29-13-16(3-5-20(29)26-14)19-11-25-17-4-2-15(10-18(17)27-19)21(30)28-8-6-22(23,24)7-9-28/h2-5,10-13H,6-9H2,1H3. The Labute approximate surface area is 171 Å². The van der Waals surface area contributed by atoms with Crippen LogP contribution in [0.3, 0.4) is 0 Å². The Hall–Kier alpha value is -3.42. The third kappa shape index (κ3) is 3.38. The van der Waals surface area contributed by atoms with E-state index in [1.807, 2.05) is 35.9 Å². The number of halogens is 2. The van der Waals surface area contributed by atoms with E-state index in [-0.39, 0.29) is 31.8 Å². The van der Waals surface area contributed by atoms with Gasteiger partial charge in [0.05, 0.1) is 28.6 Å². The van der Waals surface area contributed by atoms with Crippen molar-refractivity contribution in [3.05, 3.63) is 60.2 Å². The minimum absolute atomic E-state index is 0.0555. The van der Waals surface area contributed by atoms with Crippen LogP contribution in [0.1, 0.15) is 28.9 Å². The number of hydrogen-bond donors (Lipinski definition) is 0. The molecule has 0 aliphatic carbocycles. The highest BCUT2D eigenvalue weighted by molar-refractivity contribution is 5.97. The van der Waals surface area contributed by atoms with Crippen molar-refractivity contribution in [2.45, 2.75) is 25.7 Å². The summed E-state index contributed by atoms with van der Waals surface area (Å²) < 4.78 is 28.7. The Kier molecular flexibility index (Phi) is 4.23. The molecule has 8 heteroatoms. The molecule has 0 saturated carbocycles. The monoisotopic (exact) mass is 407 g/mol. The zero-order valence-electron chi connectivity index (χ0n) is 16.3. The van der Waals surface area contributed by atoms with Crippen LogP contribution in [0.15, 0.2) is 48.9 Å². The quantitative estimate of drug-likeness (QED) is 0.501. The van der Waals surface area contributed by atoms with E-state index in [2.05, 4.69) is 15.0 Å². The average Bonchev–Trinajstić information content (AvgIpc) is 3.11. The second-order valence-corrected chi connectivity index (χ2v) is 7.67. The van der Waals surface area contributed by atoms with E-state index in [4.69, 9.17) is 0 Å². The molecule has 4 aromatic rings. The lowest BCUT2D eigenvalue weighted by Gasteiger charge is -2.31. The topological polar surface area (TPSA) is 63.4 Å². The summed E-state index contributed by atoms with van der Waals surface area (Å²) >= 11 is 0. The Morgan fingerprint density at radius 2 is 1.83 bits per heavy atom. The lowest BCUT2D eigenvalue weighted by atomic mass is 10.1. The van der Waals surface area contributed by atoms with E-state index < -0.39 is 5.92 Å². The average molecular weight is 407 g/mol. The van der Waals surface area contributed by atoms with Gasteiger partial charge in [-0.2, -0.15) is 0 Å². The number of benzene rings is 1. The molecule has 0 unspecified atom stereocenters. The van der Waals surface area contributed by atoms with Gasteiger partial charge in [0.2, 0.25) is 0 Å². The highest BCUT2D eigenvalue weighted by atomic mass is 19.3. The highest BCUT2D eigenvalue weighted by Gasteiger charge is 2.35. The van der Waals surface area contributed by atoms with Crippen molar-refractivity contribution < 1.29 is 13.6 Å². The number of pyridine rings is 1. The maximum Gasteiger partial charge on any atom is 0.253 e. The lowest BCUT2D eigenvalue weighted by Crippen LogP contribution is -2.42. The van der Waals surface area contributed by atoms with Gasteiger partial charge in [0, 0.05) is 49.5 Å². The molecule has 1 aromatic carbocycles. The molecule has 0 bridgehead atoms. The third-order valence-electron chi connectivity index (χ3n) is 5.44. The van der Waals surface area contributed by atoms with E-state index in [0.717, 1.165) is 16.9 Å². The van der Waals surface area contributed by atoms with E-state index in [9.17, 15) is 13.6 Å². The number of fused-ring (bicyclic) bond motifs is 2. The van der Waals surface area contributed by atoms with E-state index in [1.54, 1.807) is 24.4 Å². The molecule has 1 aliphatic heterocycles. The van der Waals surface area contributed by atoms with Gasteiger partial charge in [-0.05, 0) is 37.3 Å². The van der Waals surface area contributed by atoms with Crippen molar-refractivity contribution in [2.24, 2.45) is 0 Å². The molecular formula is C22H19F2N5O. The van der Waals surface area contributed by atoms with Crippen LogP contribution in [-0.2, 0) is 0 Å². The Bertz CT molecular complexity index is 1270. The number of likely N-dealkylation sites (tertiary alicyclic amines) is 1. The normalized spacial score (nSPS) is 16.3. The zero-order chi connectivity index (χ0) is 20.9. The number of carbonyl (C=O) groups excluding carboxylic acids is 1. The highest BCUT2D eigenvalue weighted by Crippen LogP contribution is 2.29. The molecule has 152 valence electrons. The molecule has 3 aromatic heterocycles. The van der Waals surface area contributed by atoms with Gasteiger partial charge in [-0.25, -0.2) is 18.7 Å². The summed E-state index contributed by atoms with van der Waals surface area (Å²) in [7, 11) is 0. The minimum Gasteiger partial charge on any atom is -0.338 e. The summed E-state index contributed by atoms with van der Waals surface area (Å²) in [5, 5.41) is 0. The molecule has 5 rings (SSSR count). The van der Waals surface area contributed by atoms with Crippen LogP contribution in [0.25, 0.3) is 27.9 Å². The van der Waals surface area contributed by atoms with E-state index >= 15 is 0 Å². The molecule has 4 heterocycles. The number of hydrogen-bond acceptors (Lipinski definition) is 4. The van der Waals surface area contributed by atoms with Crippen molar-refractivity contribution in [2.75, 3.05) is 13.1 Å². The third-order valence-corrected chi connectivity index (χ3v) is 5.44. The van der Waals surface area contributed by atoms with Crippen LogP contribution in [0, 0.1) is 6.92 Å². The van der Waals surface area contributed by atoms with Crippen LogP contribution in [0.2, 0.25) is 0 Å². The first-order valence-electron chi connectivity index (χ1n) is 9.78. The predicted molar refractivity (Wildman–Crippen MR) is 109 cm³/mol. The molecule has 0 radical (unpaired) electrons. The smallest absolute Gasteiger partial charge is 0.253 e. The number of rotatable bonds is 2. The number of imidazole rings is 1. The number of piperidine rings is 1. The number of aromatic nitrogens is 4. The van der Waals surface area contributed by atoms with Gasteiger partial charge in [-0.1, -0.05) is 0 Å². The summed E-state index contributed by atoms with van der Waals surface area (Å²) in [6.45, 7) is 2.05. The fourth-order valence-corrected chi connectivity index (χ4v) is 3.77. The zero-order valence-corrected chi connectivity index (χ0v) is 16.3. The molecule has 1 fully saturated rings. The summed E-state index contributed by atoms with van der Waals surface area (Å²) in [4.78, 5) is 27.8. The number of nitrogens with zero attached hydrogens (tertiary/aromatic N) is 5. The molecule has 0 N–H and O–H groups in total. The van der Waals surface area contributed by atoms with Gasteiger partial charge in [0.15, 0.2) is 0 Å². The first kappa shape index (κ1) is 18.6. The minimum atomic E-state index is -2.69. The van der Waals surface area contributed by atoms with Crippen molar-refractivity contribution in [3.8, 4) is 11.3 Å². The van der Waals surface area contributed by atoms with Gasteiger partial charge < -0.3 is 9.30 Å². The van der Waals surface area contributed by atoms with Gasteiger partial charge in [0.1, 0.15) is 5.65 Å². The molecule has 1 amide bonds. The summed E-state index contributed by atoms with van der Waals surface area (Å²) in [6.07, 6.45) is 4.97. The van der Waals surface area contributed by atoms with Crippen molar-refractivity contribution in [1.29, 1.82) is 0 Å². The largest absolute Gasteiger partial charge is 0.338 e.